The van der Waals surface area contributed by atoms with E-state index in [4.69, 9.17) is 11.6 Å². The number of anilines is 1. The van der Waals surface area contributed by atoms with Crippen LogP contribution in [0.2, 0.25) is 5.15 Å². The number of hydrogen-bond acceptors (Lipinski definition) is 5. The van der Waals surface area contributed by atoms with Gasteiger partial charge < -0.3 is 14.8 Å². The lowest BCUT2D eigenvalue weighted by Crippen LogP contribution is -2.48. The molecule has 3 heterocycles. The van der Waals surface area contributed by atoms with Crippen LogP contribution in [0.4, 0.5) is 5.69 Å². The van der Waals surface area contributed by atoms with Gasteiger partial charge in [0.2, 0.25) is 5.91 Å². The van der Waals surface area contributed by atoms with Gasteiger partial charge in [-0.25, -0.2) is 4.98 Å². The molecule has 1 aliphatic rings. The molecule has 2 amide bonds. The van der Waals surface area contributed by atoms with Crippen molar-refractivity contribution in [2.24, 2.45) is 0 Å². The van der Waals surface area contributed by atoms with Crippen molar-refractivity contribution in [2.45, 2.75) is 17.5 Å². The number of amides is 2. The van der Waals surface area contributed by atoms with E-state index in [9.17, 15) is 9.59 Å². The summed E-state index contributed by atoms with van der Waals surface area (Å²) in [6.07, 6.45) is 3.31. The van der Waals surface area contributed by atoms with Crippen LogP contribution in [0.3, 0.4) is 0 Å². The molecule has 2 aromatic carbocycles. The van der Waals surface area contributed by atoms with Crippen LogP contribution in [0.5, 0.6) is 0 Å². The van der Waals surface area contributed by atoms with Gasteiger partial charge in [-0.1, -0.05) is 41.9 Å². The van der Waals surface area contributed by atoms with E-state index >= 15 is 0 Å². The van der Waals surface area contributed by atoms with Crippen LogP contribution in [0.15, 0.2) is 59.9 Å². The summed E-state index contributed by atoms with van der Waals surface area (Å²) in [5, 5.41) is 10.8. The Morgan fingerprint density at radius 2 is 2.12 bits per heavy atom. The van der Waals surface area contributed by atoms with Gasteiger partial charge in [-0.3, -0.25) is 14.7 Å². The molecule has 0 aliphatic carbocycles. The normalized spacial score (nSPS) is 16.1. The number of imidazole rings is 1. The number of H-pyrrole nitrogens is 1. The van der Waals surface area contributed by atoms with E-state index in [1.807, 2.05) is 47.0 Å². The number of nitrogens with zero attached hydrogens (tertiary/aromatic N) is 4. The summed E-state index contributed by atoms with van der Waals surface area (Å²) < 4.78 is 1.84. The zero-order valence-corrected chi connectivity index (χ0v) is 18.7. The summed E-state index contributed by atoms with van der Waals surface area (Å²) >= 11 is 7.64. The lowest BCUT2D eigenvalue weighted by atomic mass is 10.2. The molecule has 0 bridgehead atoms. The molecule has 162 valence electrons. The van der Waals surface area contributed by atoms with Crippen molar-refractivity contribution in [3.63, 3.8) is 0 Å². The molecule has 10 heteroatoms. The van der Waals surface area contributed by atoms with Crippen LogP contribution >= 0.6 is 23.4 Å². The van der Waals surface area contributed by atoms with Gasteiger partial charge in [0, 0.05) is 35.8 Å². The van der Waals surface area contributed by atoms with Gasteiger partial charge in [0.1, 0.15) is 11.7 Å². The Morgan fingerprint density at radius 1 is 1.31 bits per heavy atom. The highest BCUT2D eigenvalue weighted by atomic mass is 35.5. The molecule has 0 radical (unpaired) electrons. The maximum absolute atomic E-state index is 13.1. The number of nitrogens with one attached hydrogen (secondary N) is 2. The monoisotopic (exact) mass is 466 g/mol. The van der Waals surface area contributed by atoms with E-state index in [0.717, 1.165) is 27.0 Å². The van der Waals surface area contributed by atoms with E-state index in [0.29, 0.717) is 17.5 Å². The number of aromatic nitrogens is 4. The first kappa shape index (κ1) is 20.6. The first-order valence-corrected chi connectivity index (χ1v) is 11.3. The van der Waals surface area contributed by atoms with E-state index in [2.05, 4.69) is 20.5 Å². The van der Waals surface area contributed by atoms with Gasteiger partial charge in [-0.15, -0.1) is 11.8 Å². The minimum atomic E-state index is -0.684. The Kier molecular flexibility index (Phi) is 5.36. The topological polar surface area (TPSA) is 95.9 Å². The zero-order valence-electron chi connectivity index (χ0n) is 17.1. The van der Waals surface area contributed by atoms with Crippen LogP contribution in [0, 0.1) is 0 Å². The van der Waals surface area contributed by atoms with Crippen molar-refractivity contribution in [1.29, 1.82) is 0 Å². The maximum Gasteiger partial charge on any atom is 0.272 e. The molecule has 0 saturated heterocycles. The third kappa shape index (κ3) is 3.85. The average molecular weight is 467 g/mol. The fourth-order valence-electron chi connectivity index (χ4n) is 3.67. The molecule has 1 atom stereocenters. The summed E-state index contributed by atoms with van der Waals surface area (Å²) in [6.45, 7) is 0.613. The number of carbonyl (C=O) groups is 2. The Morgan fingerprint density at radius 3 is 2.94 bits per heavy atom. The highest BCUT2D eigenvalue weighted by molar-refractivity contribution is 7.99. The third-order valence-corrected chi connectivity index (χ3v) is 6.80. The molecule has 4 aromatic rings. The predicted molar refractivity (Wildman–Crippen MR) is 124 cm³/mol. The molecular weight excluding hydrogens is 448 g/mol. The Bertz CT molecular complexity index is 1320. The summed E-state index contributed by atoms with van der Waals surface area (Å²) in [5.41, 5.74) is 2.92. The van der Waals surface area contributed by atoms with Gasteiger partial charge in [0.25, 0.3) is 5.91 Å². The van der Waals surface area contributed by atoms with Gasteiger partial charge >= 0.3 is 0 Å². The van der Waals surface area contributed by atoms with Crippen LogP contribution in [0.25, 0.3) is 10.9 Å². The summed E-state index contributed by atoms with van der Waals surface area (Å²) in [6, 6.07) is 13.0. The summed E-state index contributed by atoms with van der Waals surface area (Å²) in [4.78, 5) is 32.6. The zero-order chi connectivity index (χ0) is 22.2. The molecule has 5 rings (SSSR count). The maximum atomic E-state index is 13.1. The van der Waals surface area contributed by atoms with Crippen molar-refractivity contribution in [2.75, 3.05) is 17.7 Å². The second-order valence-corrected chi connectivity index (χ2v) is 8.95. The van der Waals surface area contributed by atoms with Gasteiger partial charge in [0.05, 0.1) is 17.5 Å². The van der Waals surface area contributed by atoms with E-state index in [1.165, 1.54) is 11.8 Å². The molecule has 2 N–H and O–H groups in total. The molecule has 32 heavy (non-hydrogen) atoms. The Balaban J connectivity index is 1.32. The summed E-state index contributed by atoms with van der Waals surface area (Å²) in [5.74, 6) is -0.179. The Labute approximate surface area is 193 Å². The standard InChI is InChI=1S/C22H19ClN6O2S/c1-28-18-7-14-15(26-27-20(14)23)8-19(18)32-11-17(22(28)31)25-21(30)16-10-29(12-24-16)9-13-5-3-2-4-6-13/h2-8,10,12,17H,9,11H2,1H3,(H,25,30)(H,26,27)/t17-/m0/s1. The van der Waals surface area contributed by atoms with E-state index in [1.54, 1.807) is 24.5 Å². The third-order valence-electron chi connectivity index (χ3n) is 5.37. The van der Waals surface area contributed by atoms with Gasteiger partial charge in [-0.05, 0) is 17.7 Å². The van der Waals surface area contributed by atoms with Crippen LogP contribution in [0.1, 0.15) is 16.1 Å². The first-order valence-electron chi connectivity index (χ1n) is 9.94. The number of hydrogen-bond donors (Lipinski definition) is 2. The molecule has 0 unspecified atom stereocenters. The molecule has 0 fully saturated rings. The molecular formula is C22H19ClN6O2S. The number of rotatable bonds is 4. The number of benzene rings is 2. The highest BCUT2D eigenvalue weighted by Gasteiger charge is 2.31. The van der Waals surface area contributed by atoms with Crippen LogP contribution in [-0.4, -0.2) is 50.4 Å². The fraction of sp³-hybridized carbons (Fsp3) is 0.182. The SMILES string of the molecule is CN1C(=O)[C@@H](NC(=O)c2cn(Cc3ccccc3)cn2)CSc2cc3[nH]nc(Cl)c3cc21. The van der Waals surface area contributed by atoms with Crippen molar-refractivity contribution >= 4 is 51.8 Å². The van der Waals surface area contributed by atoms with Crippen LogP contribution < -0.4 is 10.2 Å². The highest BCUT2D eigenvalue weighted by Crippen LogP contribution is 2.38. The average Bonchev–Trinajstić information content (AvgIpc) is 3.39. The second kappa shape index (κ2) is 8.33. The van der Waals surface area contributed by atoms with E-state index in [-0.39, 0.29) is 17.5 Å². The lowest BCUT2D eigenvalue weighted by molar-refractivity contribution is -0.119. The number of fused-ring (bicyclic) bond motifs is 2. The number of likely N-dealkylation sites (N-methyl/N-ethyl adjacent to an activating group) is 1. The van der Waals surface area contributed by atoms with Crippen molar-refractivity contribution in [3.05, 3.63) is 71.4 Å². The molecule has 0 spiro atoms. The molecule has 2 aromatic heterocycles. The van der Waals surface area contributed by atoms with Crippen molar-refractivity contribution < 1.29 is 9.59 Å². The number of aromatic amines is 1. The smallest absolute Gasteiger partial charge is 0.272 e. The first-order chi connectivity index (χ1) is 15.5. The summed E-state index contributed by atoms with van der Waals surface area (Å²) in [7, 11) is 1.70. The minimum absolute atomic E-state index is 0.202. The number of halogens is 1. The molecule has 8 nitrogen and oxygen atoms in total. The largest absolute Gasteiger partial charge is 0.338 e. The number of carbonyl (C=O) groups excluding carboxylic acids is 2. The molecule has 1 aliphatic heterocycles. The lowest BCUT2D eigenvalue weighted by Gasteiger charge is -2.21. The van der Waals surface area contributed by atoms with Crippen molar-refractivity contribution in [1.82, 2.24) is 25.1 Å². The number of thioether (sulfide) groups is 1. The van der Waals surface area contributed by atoms with Crippen molar-refractivity contribution in [3.8, 4) is 0 Å². The molecule has 0 saturated carbocycles. The van der Waals surface area contributed by atoms with Gasteiger partial charge in [-0.2, -0.15) is 5.10 Å². The predicted octanol–water partition coefficient (Wildman–Crippen LogP) is 3.33. The minimum Gasteiger partial charge on any atom is -0.338 e. The fourth-order valence-corrected chi connectivity index (χ4v) is 4.99. The quantitative estimate of drug-likeness (QED) is 0.481. The van der Waals surface area contributed by atoms with Gasteiger partial charge in [0.15, 0.2) is 5.15 Å². The Hall–Kier alpha value is -3.30. The van der Waals surface area contributed by atoms with E-state index < -0.39 is 6.04 Å². The second-order valence-electron chi connectivity index (χ2n) is 7.53. The van der Waals surface area contributed by atoms with Crippen LogP contribution in [-0.2, 0) is 11.3 Å².